The topological polar surface area (TPSA) is 40.6 Å². The van der Waals surface area contributed by atoms with E-state index in [9.17, 15) is 9.59 Å². The molecule has 15 heavy (non-hydrogen) atoms. The molecule has 5 heteroatoms. The molecule has 0 saturated carbocycles. The van der Waals surface area contributed by atoms with Crippen LogP contribution < -0.4 is 0 Å². The summed E-state index contributed by atoms with van der Waals surface area (Å²) in [7, 11) is 7.51. The number of carbonyl (C=O) groups excluding carboxylic acids is 2. The van der Waals surface area contributed by atoms with Crippen molar-refractivity contribution in [3.8, 4) is 0 Å². The van der Waals surface area contributed by atoms with E-state index in [0.717, 1.165) is 0 Å². The molecule has 95 valence electrons. The van der Waals surface area contributed by atoms with E-state index in [1.165, 1.54) is 0 Å². The Bertz CT molecular complexity index is 162. The fourth-order valence-corrected chi connectivity index (χ4v) is 0.891. The third kappa shape index (κ3) is 31.6. The molecule has 0 aromatic carbocycles. The Morgan fingerprint density at radius 2 is 1.00 bits per heavy atom. The second kappa shape index (κ2) is 11.9. The van der Waals surface area contributed by atoms with Gasteiger partial charge in [-0.2, -0.15) is 0 Å². The zero-order valence-corrected chi connectivity index (χ0v) is 11.4. The molecule has 0 aromatic rings. The van der Waals surface area contributed by atoms with Crippen LogP contribution in [0.15, 0.2) is 0 Å². The van der Waals surface area contributed by atoms with E-state index in [2.05, 4.69) is 0 Å². The van der Waals surface area contributed by atoms with E-state index in [4.69, 9.17) is 0 Å². The molecule has 0 heterocycles. The normalized spacial score (nSPS) is 9.07. The second-order valence-electron chi connectivity index (χ2n) is 3.88. The van der Waals surface area contributed by atoms with E-state index in [-0.39, 0.29) is 28.6 Å². The summed E-state index contributed by atoms with van der Waals surface area (Å²) in [6.07, 6.45) is 0. The van der Waals surface area contributed by atoms with Crippen molar-refractivity contribution in [1.82, 2.24) is 9.80 Å². The van der Waals surface area contributed by atoms with Crippen molar-refractivity contribution in [3.63, 3.8) is 0 Å². The predicted octanol–water partition coefficient (Wildman–Crippen LogP) is 0.272. The summed E-state index contributed by atoms with van der Waals surface area (Å²) in [6.45, 7) is 4.28. The summed E-state index contributed by atoms with van der Waals surface area (Å²) >= 11 is 0. The third-order valence-corrected chi connectivity index (χ3v) is 1.08. The molecule has 0 spiro atoms. The number of likely N-dealkylation sites (N-methyl/N-ethyl adjacent to an activating group) is 2. The van der Waals surface area contributed by atoms with E-state index >= 15 is 0 Å². The predicted molar refractivity (Wildman–Crippen MR) is 58.5 cm³/mol. The van der Waals surface area contributed by atoms with Crippen LogP contribution in [-0.2, 0) is 26.7 Å². The molecule has 0 unspecified atom stereocenters. The van der Waals surface area contributed by atoms with Crippen molar-refractivity contribution >= 4 is 11.6 Å². The number of carbonyl (C=O) groups is 2. The minimum Gasteiger partial charge on any atom is -0.302 e. The van der Waals surface area contributed by atoms with Gasteiger partial charge in [0.05, 0.1) is 13.1 Å². The van der Waals surface area contributed by atoms with Crippen LogP contribution in [0.2, 0.25) is 0 Å². The standard InChI is InChI=1S/2C5H11NO.Cu/c2*1-5(7)4-6(2)3;/h2*4H2,1-3H3;. The average molecular weight is 266 g/mol. The summed E-state index contributed by atoms with van der Waals surface area (Å²) in [5.74, 6) is 0.426. The fraction of sp³-hybridized carbons (Fsp3) is 0.800. The number of hydrogen-bond donors (Lipinski definition) is 0. The number of hydrogen-bond acceptors (Lipinski definition) is 4. The molecule has 0 saturated heterocycles. The van der Waals surface area contributed by atoms with Gasteiger partial charge in [-0.05, 0) is 42.0 Å². The van der Waals surface area contributed by atoms with E-state index in [1.54, 1.807) is 13.8 Å². The number of ketones is 2. The maximum absolute atomic E-state index is 10.2. The van der Waals surface area contributed by atoms with Crippen LogP contribution in [0.4, 0.5) is 0 Å². The number of Topliss-reactive ketones (excluding diaryl/α,β-unsaturated/α-hetero) is 2. The van der Waals surface area contributed by atoms with Crippen molar-refractivity contribution < 1.29 is 26.7 Å². The minimum absolute atomic E-state index is 0. The van der Waals surface area contributed by atoms with Crippen molar-refractivity contribution in [2.24, 2.45) is 0 Å². The molecular formula is C10H22CuN2O2. The average Bonchev–Trinajstić information content (AvgIpc) is 1.79. The first-order valence-electron chi connectivity index (χ1n) is 4.54. The smallest absolute Gasteiger partial charge is 0.143 e. The van der Waals surface area contributed by atoms with Crippen LogP contribution in [0.5, 0.6) is 0 Å². The number of rotatable bonds is 4. The van der Waals surface area contributed by atoms with Crippen LogP contribution in [0.25, 0.3) is 0 Å². The Morgan fingerprint density at radius 3 is 1.00 bits per heavy atom. The Morgan fingerprint density at radius 1 is 0.800 bits per heavy atom. The van der Waals surface area contributed by atoms with Gasteiger partial charge >= 0.3 is 0 Å². The van der Waals surface area contributed by atoms with Gasteiger partial charge in [0.1, 0.15) is 11.6 Å². The van der Waals surface area contributed by atoms with Gasteiger partial charge in [0.15, 0.2) is 0 Å². The van der Waals surface area contributed by atoms with Gasteiger partial charge in [0, 0.05) is 17.1 Å². The van der Waals surface area contributed by atoms with Gasteiger partial charge in [0.2, 0.25) is 0 Å². The summed E-state index contributed by atoms with van der Waals surface area (Å²) in [6, 6.07) is 0. The second-order valence-corrected chi connectivity index (χ2v) is 3.88. The van der Waals surface area contributed by atoms with Gasteiger partial charge in [-0.25, -0.2) is 0 Å². The van der Waals surface area contributed by atoms with Crippen LogP contribution in [-0.4, -0.2) is 62.6 Å². The molecular weight excluding hydrogens is 244 g/mol. The Labute approximate surface area is 103 Å². The van der Waals surface area contributed by atoms with E-state index in [1.807, 2.05) is 38.0 Å². The van der Waals surface area contributed by atoms with E-state index < -0.39 is 0 Å². The molecule has 0 aromatic heterocycles. The van der Waals surface area contributed by atoms with Crippen molar-refractivity contribution in [2.75, 3.05) is 41.3 Å². The molecule has 0 aliphatic rings. The minimum atomic E-state index is 0. The zero-order chi connectivity index (χ0) is 11.7. The quantitative estimate of drug-likeness (QED) is 0.685. The molecule has 0 aliphatic carbocycles. The zero-order valence-electron chi connectivity index (χ0n) is 10.4. The molecule has 0 fully saturated rings. The van der Waals surface area contributed by atoms with Gasteiger partial charge < -0.3 is 9.80 Å². The van der Waals surface area contributed by atoms with Crippen LogP contribution in [0.1, 0.15) is 13.8 Å². The molecule has 4 nitrogen and oxygen atoms in total. The SMILES string of the molecule is CC(=O)CN(C)C.CC(=O)CN(C)C.[Cu]. The van der Waals surface area contributed by atoms with Crippen LogP contribution in [0.3, 0.4) is 0 Å². The maximum Gasteiger partial charge on any atom is 0.143 e. The summed E-state index contributed by atoms with van der Waals surface area (Å²) < 4.78 is 0. The van der Waals surface area contributed by atoms with Crippen LogP contribution >= 0.6 is 0 Å². The maximum atomic E-state index is 10.2. The molecule has 1 radical (unpaired) electrons. The summed E-state index contributed by atoms with van der Waals surface area (Å²) in [4.78, 5) is 24.1. The number of nitrogens with zero attached hydrogens (tertiary/aromatic N) is 2. The van der Waals surface area contributed by atoms with Crippen LogP contribution in [0, 0.1) is 0 Å². The Hall–Kier alpha value is -0.221. The monoisotopic (exact) mass is 265 g/mol. The van der Waals surface area contributed by atoms with Gasteiger partial charge in [0.25, 0.3) is 0 Å². The first-order chi connectivity index (χ1) is 6.25. The van der Waals surface area contributed by atoms with Crippen molar-refractivity contribution in [1.29, 1.82) is 0 Å². The van der Waals surface area contributed by atoms with Gasteiger partial charge in [-0.3, -0.25) is 9.59 Å². The fourth-order valence-electron chi connectivity index (χ4n) is 0.891. The van der Waals surface area contributed by atoms with Gasteiger partial charge in [-0.1, -0.05) is 0 Å². The molecule has 0 bridgehead atoms. The van der Waals surface area contributed by atoms with Gasteiger partial charge in [-0.15, -0.1) is 0 Å². The molecule has 0 N–H and O–H groups in total. The molecule has 0 rings (SSSR count). The largest absolute Gasteiger partial charge is 0.302 e. The Kier molecular flexibility index (Phi) is 16.0. The van der Waals surface area contributed by atoms with Crippen molar-refractivity contribution in [2.45, 2.75) is 13.8 Å². The molecule has 0 amide bonds. The molecule has 0 aliphatic heterocycles. The third-order valence-electron chi connectivity index (χ3n) is 1.08. The molecule has 0 atom stereocenters. The Balaban J connectivity index is -0.000000180. The first-order valence-corrected chi connectivity index (χ1v) is 4.54. The summed E-state index contributed by atoms with van der Waals surface area (Å²) in [5, 5.41) is 0. The summed E-state index contributed by atoms with van der Waals surface area (Å²) in [5.41, 5.74) is 0. The van der Waals surface area contributed by atoms with E-state index in [0.29, 0.717) is 13.1 Å². The van der Waals surface area contributed by atoms with Crippen molar-refractivity contribution in [3.05, 3.63) is 0 Å². The first kappa shape index (κ1) is 20.2.